The van der Waals surface area contributed by atoms with E-state index in [-0.39, 0.29) is 0 Å². The van der Waals surface area contributed by atoms with Crippen LogP contribution >= 0.6 is 11.6 Å². The summed E-state index contributed by atoms with van der Waals surface area (Å²) in [7, 11) is 0. The lowest BCUT2D eigenvalue weighted by Crippen LogP contribution is -2.19. The summed E-state index contributed by atoms with van der Waals surface area (Å²) in [5.74, 6) is 1.03. The van der Waals surface area contributed by atoms with Crippen LogP contribution in [-0.4, -0.2) is 22.4 Å². The fraction of sp³-hybridized carbons (Fsp3) is 0.368. The first kappa shape index (κ1) is 16.9. The first-order chi connectivity index (χ1) is 11.8. The molecule has 5 heteroatoms. The van der Waals surface area contributed by atoms with Crippen LogP contribution in [0.3, 0.4) is 0 Å². The third-order valence-corrected chi connectivity index (χ3v) is 4.55. The molecule has 0 spiro atoms. The van der Waals surface area contributed by atoms with E-state index in [0.717, 1.165) is 60.5 Å². The average Bonchev–Trinajstić information content (AvgIpc) is 2.94. The summed E-state index contributed by atoms with van der Waals surface area (Å²) in [6.45, 7) is 2.37. The summed E-state index contributed by atoms with van der Waals surface area (Å²) in [5.41, 5.74) is 3.54. The maximum absolute atomic E-state index is 10.4. The number of rotatable bonds is 8. The zero-order chi connectivity index (χ0) is 16.8. The van der Waals surface area contributed by atoms with Crippen LogP contribution in [0.4, 0.5) is 0 Å². The van der Waals surface area contributed by atoms with E-state index in [1.165, 1.54) is 5.57 Å². The Bertz CT molecular complexity index is 776. The molecule has 1 aliphatic rings. The first-order valence-electron chi connectivity index (χ1n) is 8.40. The fourth-order valence-corrected chi connectivity index (χ4v) is 3.09. The molecule has 126 valence electrons. The number of fused-ring (bicyclic) bond motifs is 1. The van der Waals surface area contributed by atoms with Gasteiger partial charge in [0.25, 0.3) is 0 Å². The zero-order valence-corrected chi connectivity index (χ0v) is 14.4. The van der Waals surface area contributed by atoms with Gasteiger partial charge in [0.05, 0.1) is 17.6 Å². The van der Waals surface area contributed by atoms with Crippen molar-refractivity contribution in [3.63, 3.8) is 0 Å². The molecule has 0 fully saturated rings. The number of imidazole rings is 1. The Kier molecular flexibility index (Phi) is 5.83. The van der Waals surface area contributed by atoms with Crippen molar-refractivity contribution in [1.82, 2.24) is 14.9 Å². The Morgan fingerprint density at radius 3 is 2.92 bits per heavy atom. The Hall–Kier alpha value is -1.91. The number of para-hydroxylation sites is 2. The van der Waals surface area contributed by atoms with Crippen molar-refractivity contribution in [3.05, 3.63) is 52.8 Å². The molecule has 3 rings (SSSR count). The summed E-state index contributed by atoms with van der Waals surface area (Å²) < 4.78 is 2.28. The van der Waals surface area contributed by atoms with Crippen LogP contribution in [0.5, 0.6) is 0 Å². The SMILES string of the molecule is O=CCCCNCc1nc2ccccc2n1CC1=CC=C(Cl)CC1. The number of nitrogens with zero attached hydrogens (tertiary/aromatic N) is 2. The standard InChI is InChI=1S/C19H22ClN3O/c20-16-9-7-15(8-10-16)14-23-18-6-2-1-5-17(18)22-19(23)13-21-11-3-4-12-24/h1-2,5-7,9,12,21H,3-4,8,10-11,13-14H2. The number of carbonyl (C=O) groups excluding carboxylic acids is 1. The van der Waals surface area contributed by atoms with Gasteiger partial charge in [-0.15, -0.1) is 0 Å². The molecule has 0 saturated carbocycles. The number of aldehydes is 1. The fourth-order valence-electron chi connectivity index (χ4n) is 2.94. The van der Waals surface area contributed by atoms with Gasteiger partial charge in [-0.2, -0.15) is 0 Å². The van der Waals surface area contributed by atoms with Gasteiger partial charge in [-0.25, -0.2) is 4.98 Å². The molecular formula is C19H22ClN3O. The van der Waals surface area contributed by atoms with Crippen molar-refractivity contribution < 1.29 is 4.79 Å². The number of benzene rings is 1. The molecule has 0 radical (unpaired) electrons. The second-order valence-corrected chi connectivity index (χ2v) is 6.51. The largest absolute Gasteiger partial charge is 0.323 e. The molecular weight excluding hydrogens is 322 g/mol. The van der Waals surface area contributed by atoms with Gasteiger partial charge < -0.3 is 14.7 Å². The Balaban J connectivity index is 1.78. The minimum atomic E-state index is 0.601. The summed E-state index contributed by atoms with van der Waals surface area (Å²) in [6.07, 6.45) is 8.46. The molecule has 1 heterocycles. The van der Waals surface area contributed by atoms with Crippen molar-refractivity contribution in [1.29, 1.82) is 0 Å². The Labute approximate surface area is 147 Å². The molecule has 2 aromatic rings. The van der Waals surface area contributed by atoms with Crippen molar-refractivity contribution in [2.75, 3.05) is 6.54 Å². The van der Waals surface area contributed by atoms with E-state index < -0.39 is 0 Å². The summed E-state index contributed by atoms with van der Waals surface area (Å²) in [6, 6.07) is 8.23. The molecule has 0 bridgehead atoms. The normalized spacial score (nSPS) is 14.5. The van der Waals surface area contributed by atoms with Crippen molar-refractivity contribution >= 4 is 28.9 Å². The molecule has 0 atom stereocenters. The highest BCUT2D eigenvalue weighted by Crippen LogP contribution is 2.24. The minimum Gasteiger partial charge on any atom is -0.323 e. The molecule has 24 heavy (non-hydrogen) atoms. The topological polar surface area (TPSA) is 46.9 Å². The van der Waals surface area contributed by atoms with Gasteiger partial charge in [0.1, 0.15) is 12.1 Å². The van der Waals surface area contributed by atoms with Gasteiger partial charge in [-0.3, -0.25) is 0 Å². The molecule has 1 aliphatic carbocycles. The van der Waals surface area contributed by atoms with Crippen LogP contribution in [0.25, 0.3) is 11.0 Å². The number of aromatic nitrogens is 2. The number of allylic oxidation sites excluding steroid dienone is 4. The maximum atomic E-state index is 10.4. The van der Waals surface area contributed by atoms with E-state index in [1.54, 1.807) is 0 Å². The highest BCUT2D eigenvalue weighted by atomic mass is 35.5. The van der Waals surface area contributed by atoms with Gasteiger partial charge in [-0.1, -0.05) is 35.4 Å². The summed E-state index contributed by atoms with van der Waals surface area (Å²) in [4.78, 5) is 15.2. The predicted molar refractivity (Wildman–Crippen MR) is 98.0 cm³/mol. The van der Waals surface area contributed by atoms with Crippen molar-refractivity contribution in [2.45, 2.75) is 38.8 Å². The summed E-state index contributed by atoms with van der Waals surface area (Å²) in [5, 5.41) is 4.31. The van der Waals surface area contributed by atoms with Crippen LogP contribution < -0.4 is 5.32 Å². The molecule has 1 N–H and O–H groups in total. The van der Waals surface area contributed by atoms with Crippen LogP contribution in [0.1, 0.15) is 31.5 Å². The predicted octanol–water partition coefficient (Wildman–Crippen LogP) is 3.95. The number of halogens is 1. The number of unbranched alkanes of at least 4 members (excludes halogenated alkanes) is 1. The lowest BCUT2D eigenvalue weighted by molar-refractivity contribution is -0.107. The number of nitrogens with one attached hydrogen (secondary N) is 1. The lowest BCUT2D eigenvalue weighted by atomic mass is 10.0. The second kappa shape index (κ2) is 8.27. The van der Waals surface area contributed by atoms with Gasteiger partial charge in [-0.05, 0) is 44.0 Å². The monoisotopic (exact) mass is 343 g/mol. The second-order valence-electron chi connectivity index (χ2n) is 6.03. The van der Waals surface area contributed by atoms with Gasteiger partial charge >= 0.3 is 0 Å². The van der Waals surface area contributed by atoms with Gasteiger partial charge in [0, 0.05) is 18.0 Å². The van der Waals surface area contributed by atoms with Crippen LogP contribution in [0, 0.1) is 0 Å². The van der Waals surface area contributed by atoms with E-state index >= 15 is 0 Å². The van der Waals surface area contributed by atoms with E-state index in [4.69, 9.17) is 16.6 Å². The molecule has 1 aromatic heterocycles. The Morgan fingerprint density at radius 2 is 2.12 bits per heavy atom. The average molecular weight is 344 g/mol. The number of hydrogen-bond acceptors (Lipinski definition) is 3. The molecule has 1 aromatic carbocycles. The smallest absolute Gasteiger partial charge is 0.124 e. The quantitative estimate of drug-likeness (QED) is 0.583. The third kappa shape index (κ3) is 4.13. The number of hydrogen-bond donors (Lipinski definition) is 1. The van der Waals surface area contributed by atoms with Crippen LogP contribution in [-0.2, 0) is 17.9 Å². The third-order valence-electron chi connectivity index (χ3n) is 4.24. The molecule has 0 saturated heterocycles. The highest BCUT2D eigenvalue weighted by molar-refractivity contribution is 6.29. The van der Waals surface area contributed by atoms with E-state index in [9.17, 15) is 4.79 Å². The van der Waals surface area contributed by atoms with Crippen molar-refractivity contribution in [2.24, 2.45) is 0 Å². The first-order valence-corrected chi connectivity index (χ1v) is 8.78. The van der Waals surface area contributed by atoms with E-state index in [0.29, 0.717) is 13.0 Å². The van der Waals surface area contributed by atoms with Crippen LogP contribution in [0.2, 0.25) is 0 Å². The van der Waals surface area contributed by atoms with E-state index in [1.807, 2.05) is 24.3 Å². The lowest BCUT2D eigenvalue weighted by Gasteiger charge is -2.15. The van der Waals surface area contributed by atoms with Crippen LogP contribution in [0.15, 0.2) is 47.0 Å². The molecule has 0 aliphatic heterocycles. The Morgan fingerprint density at radius 1 is 1.25 bits per heavy atom. The van der Waals surface area contributed by atoms with Crippen molar-refractivity contribution in [3.8, 4) is 0 Å². The maximum Gasteiger partial charge on any atom is 0.124 e. The molecule has 4 nitrogen and oxygen atoms in total. The van der Waals surface area contributed by atoms with Gasteiger partial charge in [0.2, 0.25) is 0 Å². The minimum absolute atomic E-state index is 0.601. The van der Waals surface area contributed by atoms with Gasteiger partial charge in [0.15, 0.2) is 0 Å². The summed E-state index contributed by atoms with van der Waals surface area (Å²) >= 11 is 6.06. The zero-order valence-electron chi connectivity index (χ0n) is 13.7. The van der Waals surface area contributed by atoms with E-state index in [2.05, 4.69) is 22.0 Å². The highest BCUT2D eigenvalue weighted by Gasteiger charge is 2.13. The molecule has 0 amide bonds. The number of carbonyl (C=O) groups is 1. The molecule has 0 unspecified atom stereocenters.